The lowest BCUT2D eigenvalue weighted by Gasteiger charge is -2.06. The Morgan fingerprint density at radius 3 is 2.67 bits per heavy atom. The Morgan fingerprint density at radius 2 is 1.88 bits per heavy atom. The molecule has 0 saturated carbocycles. The third-order valence-corrected chi connectivity index (χ3v) is 3.44. The fourth-order valence-corrected chi connectivity index (χ4v) is 2.31. The number of fused-ring (bicyclic) bond motifs is 1. The van der Waals surface area contributed by atoms with Crippen molar-refractivity contribution >= 4 is 22.8 Å². The van der Waals surface area contributed by atoms with Crippen molar-refractivity contribution < 1.29 is 18.9 Å². The summed E-state index contributed by atoms with van der Waals surface area (Å²) in [5, 5.41) is 10.9. The Balaban J connectivity index is 1.74. The minimum atomic E-state index is -0.693. The van der Waals surface area contributed by atoms with Crippen LogP contribution in [-0.2, 0) is 22.7 Å². The van der Waals surface area contributed by atoms with Gasteiger partial charge in [0.05, 0.1) is 16.0 Å². The van der Waals surface area contributed by atoms with Crippen LogP contribution in [0.1, 0.15) is 5.56 Å². The van der Waals surface area contributed by atoms with Crippen molar-refractivity contribution in [2.45, 2.75) is 13.2 Å². The number of nitro benzene ring substituents is 1. The summed E-state index contributed by atoms with van der Waals surface area (Å²) in [6.07, 6.45) is 0. The second kappa shape index (κ2) is 6.37. The van der Waals surface area contributed by atoms with Gasteiger partial charge in [-0.3, -0.25) is 19.5 Å². The van der Waals surface area contributed by atoms with Gasteiger partial charge < -0.3 is 9.15 Å². The number of carbonyl (C=O) groups excluding carboxylic acids is 1. The summed E-state index contributed by atoms with van der Waals surface area (Å²) < 4.78 is 11.2. The molecule has 0 aliphatic heterocycles. The van der Waals surface area contributed by atoms with Crippen LogP contribution in [0.3, 0.4) is 0 Å². The molecule has 1 heterocycles. The van der Waals surface area contributed by atoms with E-state index < -0.39 is 16.6 Å². The van der Waals surface area contributed by atoms with E-state index in [4.69, 9.17) is 9.15 Å². The molecule has 0 radical (unpaired) electrons. The molecule has 24 heavy (non-hydrogen) atoms. The van der Waals surface area contributed by atoms with Crippen LogP contribution < -0.4 is 5.76 Å². The molecule has 122 valence electrons. The predicted octanol–water partition coefficient (Wildman–Crippen LogP) is 2.25. The molecular weight excluding hydrogens is 316 g/mol. The maximum atomic E-state index is 12.0. The highest BCUT2D eigenvalue weighted by atomic mass is 16.6. The van der Waals surface area contributed by atoms with E-state index in [1.54, 1.807) is 30.3 Å². The number of nitrogens with zero attached hydrogens (tertiary/aromatic N) is 2. The first-order valence-electron chi connectivity index (χ1n) is 7.02. The summed E-state index contributed by atoms with van der Waals surface area (Å²) >= 11 is 0. The van der Waals surface area contributed by atoms with Gasteiger partial charge in [0.25, 0.3) is 5.69 Å². The van der Waals surface area contributed by atoms with Crippen molar-refractivity contribution in [3.8, 4) is 0 Å². The Labute approximate surface area is 135 Å². The lowest BCUT2D eigenvalue weighted by molar-refractivity contribution is -0.385. The minimum absolute atomic E-state index is 0.128. The third kappa shape index (κ3) is 3.02. The van der Waals surface area contributed by atoms with Crippen LogP contribution in [0.15, 0.2) is 57.7 Å². The van der Waals surface area contributed by atoms with Crippen molar-refractivity contribution in [2.75, 3.05) is 0 Å². The van der Waals surface area contributed by atoms with Crippen LogP contribution in [0.5, 0.6) is 0 Å². The number of hydrogen-bond acceptors (Lipinski definition) is 6. The van der Waals surface area contributed by atoms with E-state index in [1.807, 2.05) is 0 Å². The van der Waals surface area contributed by atoms with Gasteiger partial charge in [0, 0.05) is 6.07 Å². The van der Waals surface area contributed by atoms with Crippen LogP contribution in [0.2, 0.25) is 0 Å². The number of carbonyl (C=O) groups is 1. The van der Waals surface area contributed by atoms with Crippen LogP contribution in [0.4, 0.5) is 5.69 Å². The Kier molecular flexibility index (Phi) is 4.11. The van der Waals surface area contributed by atoms with Crippen molar-refractivity contribution in [2.24, 2.45) is 0 Å². The maximum absolute atomic E-state index is 12.0. The molecule has 0 bridgehead atoms. The molecule has 3 aromatic rings. The molecule has 2 aromatic carbocycles. The summed E-state index contributed by atoms with van der Waals surface area (Å²) in [4.78, 5) is 34.1. The highest BCUT2D eigenvalue weighted by Crippen LogP contribution is 2.18. The number of benzene rings is 2. The molecule has 0 amide bonds. The molecule has 0 spiro atoms. The van der Waals surface area contributed by atoms with Gasteiger partial charge in [-0.1, -0.05) is 24.3 Å². The second-order valence-corrected chi connectivity index (χ2v) is 4.97. The number of aromatic nitrogens is 1. The first-order valence-corrected chi connectivity index (χ1v) is 7.02. The normalized spacial score (nSPS) is 10.7. The molecular formula is C16H12N2O6. The zero-order valence-corrected chi connectivity index (χ0v) is 12.4. The van der Waals surface area contributed by atoms with E-state index in [2.05, 4.69) is 0 Å². The van der Waals surface area contributed by atoms with Gasteiger partial charge in [0.15, 0.2) is 5.58 Å². The fourth-order valence-electron chi connectivity index (χ4n) is 2.31. The Bertz CT molecular complexity index is 972. The topological polar surface area (TPSA) is 105 Å². The van der Waals surface area contributed by atoms with Crippen LogP contribution in [0, 0.1) is 10.1 Å². The molecule has 0 N–H and O–H groups in total. The molecule has 0 aliphatic rings. The number of hydrogen-bond donors (Lipinski definition) is 0. The summed E-state index contributed by atoms with van der Waals surface area (Å²) in [5.41, 5.74) is 0.996. The van der Waals surface area contributed by atoms with Crippen molar-refractivity contribution in [3.05, 3.63) is 74.8 Å². The van der Waals surface area contributed by atoms with Gasteiger partial charge in [0.2, 0.25) is 0 Å². The molecule has 0 fully saturated rings. The number of para-hydroxylation sites is 3. The average molecular weight is 328 g/mol. The number of oxazole rings is 1. The van der Waals surface area contributed by atoms with Gasteiger partial charge in [-0.25, -0.2) is 4.79 Å². The summed E-state index contributed by atoms with van der Waals surface area (Å²) in [5.74, 6) is -1.36. The van der Waals surface area contributed by atoms with E-state index >= 15 is 0 Å². The van der Waals surface area contributed by atoms with Gasteiger partial charge in [-0.2, -0.15) is 0 Å². The van der Waals surface area contributed by atoms with Crippen molar-refractivity contribution in [3.63, 3.8) is 0 Å². The zero-order valence-electron chi connectivity index (χ0n) is 12.4. The molecule has 0 atom stereocenters. The third-order valence-electron chi connectivity index (χ3n) is 3.44. The highest BCUT2D eigenvalue weighted by Gasteiger charge is 2.16. The van der Waals surface area contributed by atoms with Crippen LogP contribution in [0.25, 0.3) is 11.1 Å². The van der Waals surface area contributed by atoms with E-state index in [9.17, 15) is 19.7 Å². The summed E-state index contributed by atoms with van der Waals surface area (Å²) in [6.45, 7) is -0.586. The van der Waals surface area contributed by atoms with E-state index in [-0.39, 0.29) is 24.4 Å². The number of rotatable bonds is 5. The first-order chi connectivity index (χ1) is 11.6. The van der Waals surface area contributed by atoms with E-state index in [0.717, 1.165) is 4.57 Å². The first kappa shape index (κ1) is 15.5. The van der Waals surface area contributed by atoms with E-state index in [0.29, 0.717) is 11.1 Å². The predicted molar refractivity (Wildman–Crippen MR) is 83.4 cm³/mol. The number of nitro groups is 1. The molecule has 0 saturated heterocycles. The highest BCUT2D eigenvalue weighted by molar-refractivity contribution is 5.76. The lowest BCUT2D eigenvalue weighted by atomic mass is 10.2. The zero-order chi connectivity index (χ0) is 17.1. The van der Waals surface area contributed by atoms with Gasteiger partial charge in [-0.15, -0.1) is 0 Å². The number of esters is 1. The van der Waals surface area contributed by atoms with Crippen molar-refractivity contribution in [1.82, 2.24) is 4.57 Å². The summed E-state index contributed by atoms with van der Waals surface area (Å²) in [7, 11) is 0. The van der Waals surface area contributed by atoms with Crippen molar-refractivity contribution in [1.29, 1.82) is 0 Å². The van der Waals surface area contributed by atoms with Crippen LogP contribution in [-0.4, -0.2) is 15.5 Å². The average Bonchev–Trinajstić information content (AvgIpc) is 2.89. The smallest absolute Gasteiger partial charge is 0.420 e. The Morgan fingerprint density at radius 1 is 1.17 bits per heavy atom. The molecule has 0 unspecified atom stereocenters. The molecule has 8 heteroatoms. The van der Waals surface area contributed by atoms with Gasteiger partial charge in [-0.05, 0) is 18.2 Å². The molecule has 0 aliphatic carbocycles. The SMILES string of the molecule is O=C(Cn1c(=O)oc2ccccc21)OCc1ccccc1[N+](=O)[O-]. The van der Waals surface area contributed by atoms with E-state index in [1.165, 1.54) is 18.2 Å². The lowest BCUT2D eigenvalue weighted by Crippen LogP contribution is -2.21. The van der Waals surface area contributed by atoms with Crippen LogP contribution >= 0.6 is 0 Å². The van der Waals surface area contributed by atoms with Gasteiger partial charge in [0.1, 0.15) is 13.2 Å². The summed E-state index contributed by atoms with van der Waals surface area (Å²) in [6, 6.07) is 12.7. The monoisotopic (exact) mass is 328 g/mol. The molecule has 3 rings (SSSR count). The largest absolute Gasteiger partial charge is 0.459 e. The standard InChI is InChI=1S/C16H12N2O6/c19-15(23-10-11-5-1-2-6-12(11)18(21)22)9-17-13-7-3-4-8-14(13)24-16(17)20/h1-8H,9-10H2. The maximum Gasteiger partial charge on any atom is 0.420 e. The number of ether oxygens (including phenoxy) is 1. The fraction of sp³-hybridized carbons (Fsp3) is 0.125. The quantitative estimate of drug-likeness (QED) is 0.404. The van der Waals surface area contributed by atoms with Gasteiger partial charge >= 0.3 is 11.7 Å². The second-order valence-electron chi connectivity index (χ2n) is 4.97. The minimum Gasteiger partial charge on any atom is -0.459 e. The molecule has 1 aromatic heterocycles. The molecule has 8 nitrogen and oxygen atoms in total. The Hall–Kier alpha value is -3.42.